The molecule has 3 rings (SSSR count). The van der Waals surface area contributed by atoms with Crippen molar-refractivity contribution in [1.82, 2.24) is 0 Å². The average Bonchev–Trinajstić information content (AvgIpc) is 2.83. The van der Waals surface area contributed by atoms with Crippen LogP contribution in [0.2, 0.25) is 31.2 Å². The maximum absolute atomic E-state index is 7.56. The van der Waals surface area contributed by atoms with Crippen molar-refractivity contribution in [2.75, 3.05) is 0 Å². The summed E-state index contributed by atoms with van der Waals surface area (Å²) in [6.07, 6.45) is 6.50. The van der Waals surface area contributed by atoms with Gasteiger partial charge in [-0.1, -0.05) is 118 Å². The van der Waals surface area contributed by atoms with Crippen molar-refractivity contribution < 1.29 is 4.43 Å². The molecule has 0 amide bonds. The largest absolute Gasteiger partial charge is 0.400 e. The monoisotopic (exact) mass is 462 g/mol. The lowest BCUT2D eigenvalue weighted by atomic mass is 9.66. The molecule has 1 nitrogen and oxygen atoms in total. The molecule has 3 heteroatoms. The van der Waals surface area contributed by atoms with E-state index in [1.54, 1.807) is 0 Å². The van der Waals surface area contributed by atoms with Crippen LogP contribution in [0.25, 0.3) is 0 Å². The average molecular weight is 463 g/mol. The van der Waals surface area contributed by atoms with Crippen molar-refractivity contribution in [2.24, 2.45) is 5.92 Å². The number of rotatable bonds is 9. The molecule has 0 spiro atoms. The van der Waals surface area contributed by atoms with Gasteiger partial charge in [0.05, 0.1) is 8.07 Å². The molecule has 172 valence electrons. The second-order valence-corrected chi connectivity index (χ2v) is 19.5. The summed E-state index contributed by atoms with van der Waals surface area (Å²) in [5.74, 6) is 0.589. The van der Waals surface area contributed by atoms with E-state index in [4.69, 9.17) is 4.43 Å². The van der Waals surface area contributed by atoms with E-state index in [1.807, 2.05) is 0 Å². The van der Waals surface area contributed by atoms with E-state index in [2.05, 4.69) is 118 Å². The molecule has 1 unspecified atom stereocenters. The van der Waals surface area contributed by atoms with Crippen LogP contribution in [0.4, 0.5) is 0 Å². The number of hydrogen-bond donors (Lipinski definition) is 0. The summed E-state index contributed by atoms with van der Waals surface area (Å²) in [5.41, 5.74) is 6.39. The predicted octanol–water partition coefficient (Wildman–Crippen LogP) is 8.65. The van der Waals surface area contributed by atoms with Crippen LogP contribution < -0.4 is 0 Å². The van der Waals surface area contributed by atoms with Crippen molar-refractivity contribution in [2.45, 2.75) is 75.9 Å². The summed E-state index contributed by atoms with van der Waals surface area (Å²) in [4.78, 5) is 0. The van der Waals surface area contributed by atoms with Gasteiger partial charge in [-0.05, 0) is 30.1 Å². The fourth-order valence-electron chi connectivity index (χ4n) is 5.93. The molecule has 0 bridgehead atoms. The van der Waals surface area contributed by atoms with Crippen LogP contribution in [0.1, 0.15) is 50.2 Å². The Balaban J connectivity index is 2.46. The third kappa shape index (κ3) is 4.27. The van der Waals surface area contributed by atoms with Crippen LogP contribution in [0.3, 0.4) is 0 Å². The highest BCUT2D eigenvalue weighted by Gasteiger charge is 2.63. The minimum atomic E-state index is -2.19. The molecular formula is C29H42OSi2. The van der Waals surface area contributed by atoms with Crippen molar-refractivity contribution in [3.05, 3.63) is 96.3 Å². The van der Waals surface area contributed by atoms with Crippen molar-refractivity contribution >= 4 is 16.4 Å². The summed E-state index contributed by atoms with van der Waals surface area (Å²) in [7, 11) is -4.20. The highest BCUT2D eigenvalue weighted by atomic mass is 28.4. The van der Waals surface area contributed by atoms with Gasteiger partial charge >= 0.3 is 0 Å². The number of hydrogen-bond acceptors (Lipinski definition) is 1. The second-order valence-electron chi connectivity index (χ2n) is 10.8. The van der Waals surface area contributed by atoms with Crippen LogP contribution >= 0.6 is 0 Å². The maximum atomic E-state index is 7.56. The Bertz CT molecular complexity index is 858. The molecule has 1 fully saturated rings. The van der Waals surface area contributed by atoms with E-state index in [0.717, 1.165) is 0 Å². The van der Waals surface area contributed by atoms with Gasteiger partial charge in [0.1, 0.15) is 5.60 Å². The minimum Gasteiger partial charge on any atom is -0.400 e. The van der Waals surface area contributed by atoms with Gasteiger partial charge in [-0.2, -0.15) is 0 Å². The van der Waals surface area contributed by atoms with Crippen molar-refractivity contribution in [3.8, 4) is 0 Å². The zero-order chi connectivity index (χ0) is 23.5. The summed E-state index contributed by atoms with van der Waals surface area (Å²) in [6, 6.07) is 22.1. The zero-order valence-corrected chi connectivity index (χ0v) is 22.9. The molecular weight excluding hydrogens is 420 g/mol. The third-order valence-corrected chi connectivity index (χ3v) is 14.5. The van der Waals surface area contributed by atoms with Gasteiger partial charge in [-0.25, -0.2) is 0 Å². The molecule has 1 aliphatic rings. The second kappa shape index (κ2) is 9.66. The van der Waals surface area contributed by atoms with E-state index in [0.29, 0.717) is 5.92 Å². The van der Waals surface area contributed by atoms with Crippen LogP contribution in [-0.2, 0) is 10.0 Å². The zero-order valence-electron chi connectivity index (χ0n) is 20.9. The molecule has 0 saturated heterocycles. The smallest absolute Gasteiger partial charge is 0.212 e. The summed E-state index contributed by atoms with van der Waals surface area (Å²) in [5, 5.41) is -0.0713. The van der Waals surface area contributed by atoms with E-state index in [-0.39, 0.29) is 5.04 Å². The van der Waals surface area contributed by atoms with Crippen LogP contribution in [0, 0.1) is 5.92 Å². The molecule has 0 heterocycles. The Morgan fingerprint density at radius 2 is 1.25 bits per heavy atom. The van der Waals surface area contributed by atoms with Gasteiger partial charge in [0.25, 0.3) is 0 Å². The van der Waals surface area contributed by atoms with Gasteiger partial charge < -0.3 is 4.43 Å². The van der Waals surface area contributed by atoms with Gasteiger partial charge in [-0.15, -0.1) is 18.9 Å². The highest BCUT2D eigenvalue weighted by Crippen LogP contribution is 2.66. The highest BCUT2D eigenvalue weighted by molar-refractivity contribution is 6.85. The van der Waals surface area contributed by atoms with E-state index < -0.39 is 22.0 Å². The quantitative estimate of drug-likeness (QED) is 0.339. The summed E-state index contributed by atoms with van der Waals surface area (Å²) < 4.78 is 7.56. The number of benzene rings is 2. The molecule has 2 aromatic rings. The first kappa shape index (κ1) is 24.9. The van der Waals surface area contributed by atoms with Crippen LogP contribution in [0.15, 0.2) is 85.2 Å². The maximum Gasteiger partial charge on any atom is 0.212 e. The Hall–Kier alpha value is -1.69. The van der Waals surface area contributed by atoms with E-state index in [9.17, 15) is 0 Å². The molecule has 1 saturated carbocycles. The first-order chi connectivity index (χ1) is 15.1. The van der Waals surface area contributed by atoms with E-state index in [1.165, 1.54) is 43.2 Å². The first-order valence-electron chi connectivity index (χ1n) is 12.2. The van der Waals surface area contributed by atoms with Gasteiger partial charge in [0.2, 0.25) is 8.32 Å². The predicted molar refractivity (Wildman–Crippen MR) is 145 cm³/mol. The fraction of sp³-hybridized carbons (Fsp3) is 0.448. The molecule has 0 aromatic heterocycles. The van der Waals surface area contributed by atoms with Gasteiger partial charge in [0, 0.05) is 5.04 Å². The Labute approximate surface area is 198 Å². The molecule has 0 aliphatic heterocycles. The standard InChI is InChI=1S/C29H42OSi2/c1-8-31(4,5)28(3,25-19-13-10-14-20-25)29(30-32(6,7)9-2,26-21-15-11-16-22-26)27-23-17-12-18-24-27/h8-9,11-12,15-18,21-25H,1-2,10,13-14,19-20H2,3-7H3. The third-order valence-electron chi connectivity index (χ3n) is 8.27. The first-order valence-corrected chi connectivity index (χ1v) is 18.3. The lowest BCUT2D eigenvalue weighted by molar-refractivity contribution is 0.0136. The van der Waals surface area contributed by atoms with Crippen LogP contribution in [0.5, 0.6) is 0 Å². The Kier molecular flexibility index (Phi) is 7.53. The molecule has 1 aliphatic carbocycles. The lowest BCUT2D eigenvalue weighted by Gasteiger charge is -2.61. The van der Waals surface area contributed by atoms with Crippen molar-refractivity contribution in [1.29, 1.82) is 0 Å². The summed E-state index contributed by atoms with van der Waals surface area (Å²) >= 11 is 0. The molecule has 0 radical (unpaired) electrons. The van der Waals surface area contributed by atoms with Crippen molar-refractivity contribution in [3.63, 3.8) is 0 Å². The topological polar surface area (TPSA) is 9.23 Å². The lowest BCUT2D eigenvalue weighted by Crippen LogP contribution is -2.61. The van der Waals surface area contributed by atoms with Crippen LogP contribution in [-0.4, -0.2) is 16.4 Å². The van der Waals surface area contributed by atoms with Gasteiger partial charge in [-0.3, -0.25) is 0 Å². The SMILES string of the molecule is C=C[Si](C)(C)OC(c1ccccc1)(c1ccccc1)C(C)(C1CCCCC1)[Si](C)(C)C=C. The molecule has 2 aromatic carbocycles. The fourth-order valence-corrected chi connectivity index (χ4v) is 10.4. The molecule has 32 heavy (non-hydrogen) atoms. The van der Waals surface area contributed by atoms with Gasteiger partial charge in [0.15, 0.2) is 0 Å². The van der Waals surface area contributed by atoms with E-state index >= 15 is 0 Å². The molecule has 1 atom stereocenters. The Morgan fingerprint density at radius 1 is 0.781 bits per heavy atom. The minimum absolute atomic E-state index is 0.0713. The normalized spacial score (nSPS) is 18.0. The molecule has 0 N–H and O–H groups in total. The Morgan fingerprint density at radius 3 is 1.66 bits per heavy atom. The summed E-state index contributed by atoms with van der Waals surface area (Å²) in [6.45, 7) is 20.7.